The monoisotopic (exact) mass is 514 g/mol. The number of halogens is 1. The minimum atomic E-state index is 0. The number of hydrogen-bond donors (Lipinski definition) is 2. The van der Waals surface area contributed by atoms with E-state index >= 15 is 0 Å². The van der Waals surface area contributed by atoms with Crippen LogP contribution >= 0.6 is 35.3 Å². The van der Waals surface area contributed by atoms with E-state index in [1.807, 2.05) is 41.7 Å². The number of nitrogens with zero attached hydrogens (tertiary/aromatic N) is 2. The van der Waals surface area contributed by atoms with Crippen molar-refractivity contribution in [1.82, 2.24) is 10.6 Å². The molecule has 1 aliphatic heterocycles. The Balaban J connectivity index is 0.00000280. The summed E-state index contributed by atoms with van der Waals surface area (Å²) in [5, 5.41) is 10.5. The van der Waals surface area contributed by atoms with Crippen molar-refractivity contribution in [2.45, 2.75) is 38.8 Å². The maximum Gasteiger partial charge on any atom is 0.191 e. The summed E-state index contributed by atoms with van der Waals surface area (Å²) in [6.07, 6.45) is 2.28. The van der Waals surface area contributed by atoms with E-state index in [0.717, 1.165) is 44.2 Å². The second-order valence-corrected chi connectivity index (χ2v) is 7.74. The number of benzene rings is 1. The van der Waals surface area contributed by atoms with E-state index in [4.69, 9.17) is 9.73 Å². The molecule has 154 valence electrons. The topological polar surface area (TPSA) is 48.9 Å². The van der Waals surface area contributed by atoms with Crippen molar-refractivity contribution < 1.29 is 4.74 Å². The highest BCUT2D eigenvalue weighted by Gasteiger charge is 2.20. The first kappa shape index (κ1) is 22.8. The van der Waals surface area contributed by atoms with Crippen LogP contribution in [0.5, 0.6) is 5.75 Å². The lowest BCUT2D eigenvalue weighted by Crippen LogP contribution is -2.49. The molecule has 1 aromatic carbocycles. The molecule has 0 radical (unpaired) electrons. The second-order valence-electron chi connectivity index (χ2n) is 6.82. The first-order valence-corrected chi connectivity index (χ1v) is 10.7. The number of ether oxygens (including phenoxy) is 1. The van der Waals surface area contributed by atoms with E-state index < -0.39 is 0 Å². The molecule has 0 bridgehead atoms. The average Bonchev–Trinajstić information content (AvgIpc) is 3.22. The number of piperidine rings is 1. The molecule has 2 N–H and O–H groups in total. The van der Waals surface area contributed by atoms with Crippen LogP contribution in [0.3, 0.4) is 0 Å². The molecule has 3 rings (SSSR count). The maximum absolute atomic E-state index is 5.92. The van der Waals surface area contributed by atoms with Gasteiger partial charge in [-0.15, -0.1) is 35.3 Å². The average molecular weight is 514 g/mol. The molecule has 2 heterocycles. The highest BCUT2D eigenvalue weighted by molar-refractivity contribution is 14.0. The summed E-state index contributed by atoms with van der Waals surface area (Å²) >= 11 is 1.82. The number of nitrogens with one attached hydrogen (secondary N) is 2. The van der Waals surface area contributed by atoms with Crippen LogP contribution < -0.4 is 20.3 Å². The minimum Gasteiger partial charge on any atom is -0.489 e. The first-order chi connectivity index (χ1) is 13.2. The molecule has 1 atom stereocenters. The Morgan fingerprint density at radius 1 is 1.21 bits per heavy atom. The van der Waals surface area contributed by atoms with Crippen LogP contribution in [0.2, 0.25) is 0 Å². The van der Waals surface area contributed by atoms with E-state index in [9.17, 15) is 0 Å². The van der Waals surface area contributed by atoms with Gasteiger partial charge in [0, 0.05) is 25.7 Å². The Kier molecular flexibility index (Phi) is 9.91. The first-order valence-electron chi connectivity index (χ1n) is 9.79. The van der Waals surface area contributed by atoms with Gasteiger partial charge in [-0.2, -0.15) is 0 Å². The van der Waals surface area contributed by atoms with Crippen LogP contribution in [0.4, 0.5) is 5.00 Å². The zero-order valence-corrected chi connectivity index (χ0v) is 19.8. The van der Waals surface area contributed by atoms with Gasteiger partial charge in [0.05, 0.1) is 11.5 Å². The van der Waals surface area contributed by atoms with Gasteiger partial charge in [0.1, 0.15) is 11.9 Å². The summed E-state index contributed by atoms with van der Waals surface area (Å²) in [7, 11) is 0. The number of anilines is 1. The molecule has 5 nitrogen and oxygen atoms in total. The summed E-state index contributed by atoms with van der Waals surface area (Å²) in [5.41, 5.74) is 0. The van der Waals surface area contributed by atoms with Crippen LogP contribution in [-0.2, 0) is 0 Å². The van der Waals surface area contributed by atoms with E-state index in [-0.39, 0.29) is 30.1 Å². The van der Waals surface area contributed by atoms with Gasteiger partial charge in [0.2, 0.25) is 0 Å². The molecule has 1 saturated heterocycles. The normalized spacial score (nSPS) is 16.2. The SMILES string of the molecule is CCNC(=NCC(C)Oc1ccccc1)NC1CCN(c2cccs2)CC1.I. The molecule has 1 fully saturated rings. The van der Waals surface area contributed by atoms with Crippen molar-refractivity contribution in [2.24, 2.45) is 4.99 Å². The fourth-order valence-electron chi connectivity index (χ4n) is 3.20. The van der Waals surface area contributed by atoms with Gasteiger partial charge in [-0.05, 0) is 56.3 Å². The summed E-state index contributed by atoms with van der Waals surface area (Å²) in [6, 6.07) is 14.7. The van der Waals surface area contributed by atoms with Gasteiger partial charge in [0.25, 0.3) is 0 Å². The summed E-state index contributed by atoms with van der Waals surface area (Å²) in [4.78, 5) is 7.21. The molecule has 0 amide bonds. The van der Waals surface area contributed by atoms with Crippen LogP contribution in [0.1, 0.15) is 26.7 Å². The Morgan fingerprint density at radius 3 is 2.61 bits per heavy atom. The van der Waals surface area contributed by atoms with Gasteiger partial charge < -0.3 is 20.3 Å². The number of hydrogen-bond acceptors (Lipinski definition) is 4. The number of para-hydroxylation sites is 1. The maximum atomic E-state index is 5.92. The van der Waals surface area contributed by atoms with E-state index in [2.05, 4.69) is 46.9 Å². The Morgan fingerprint density at radius 2 is 1.96 bits per heavy atom. The van der Waals surface area contributed by atoms with E-state index in [1.54, 1.807) is 0 Å². The third-order valence-electron chi connectivity index (χ3n) is 4.58. The molecule has 28 heavy (non-hydrogen) atoms. The molecule has 1 aromatic heterocycles. The van der Waals surface area contributed by atoms with Crippen LogP contribution in [-0.4, -0.2) is 44.3 Å². The van der Waals surface area contributed by atoms with Gasteiger partial charge in [0.15, 0.2) is 5.96 Å². The number of thiophene rings is 1. The molecular weight excluding hydrogens is 483 g/mol. The Hall–Kier alpha value is -1.48. The fraction of sp³-hybridized carbons (Fsp3) is 0.476. The van der Waals surface area contributed by atoms with Crippen molar-refractivity contribution >= 4 is 46.3 Å². The fourth-order valence-corrected chi connectivity index (χ4v) is 3.98. The van der Waals surface area contributed by atoms with Crippen molar-refractivity contribution in [1.29, 1.82) is 0 Å². The molecule has 1 aliphatic rings. The van der Waals surface area contributed by atoms with Crippen molar-refractivity contribution in [3.63, 3.8) is 0 Å². The lowest BCUT2D eigenvalue weighted by atomic mass is 10.1. The Bertz CT molecular complexity index is 688. The van der Waals surface area contributed by atoms with Gasteiger partial charge >= 0.3 is 0 Å². The second kappa shape index (κ2) is 12.2. The number of aliphatic imine (C=N–C) groups is 1. The zero-order chi connectivity index (χ0) is 18.9. The molecule has 0 spiro atoms. The van der Waals surface area contributed by atoms with Crippen LogP contribution in [0, 0.1) is 0 Å². The summed E-state index contributed by atoms with van der Waals surface area (Å²) in [5.74, 6) is 1.77. The molecule has 0 aliphatic carbocycles. The lowest BCUT2D eigenvalue weighted by molar-refractivity contribution is 0.230. The third kappa shape index (κ3) is 7.16. The predicted octanol–water partition coefficient (Wildman–Crippen LogP) is 4.36. The van der Waals surface area contributed by atoms with E-state index in [0.29, 0.717) is 12.6 Å². The lowest BCUT2D eigenvalue weighted by Gasteiger charge is -2.33. The molecular formula is C21H31IN4OS. The smallest absolute Gasteiger partial charge is 0.191 e. The van der Waals surface area contributed by atoms with Gasteiger partial charge in [-0.1, -0.05) is 18.2 Å². The molecule has 7 heteroatoms. The predicted molar refractivity (Wildman–Crippen MR) is 131 cm³/mol. The van der Waals surface area contributed by atoms with Gasteiger partial charge in [-0.25, -0.2) is 4.99 Å². The van der Waals surface area contributed by atoms with Crippen molar-refractivity contribution in [2.75, 3.05) is 31.1 Å². The summed E-state index contributed by atoms with van der Waals surface area (Å²) in [6.45, 7) is 7.81. The zero-order valence-electron chi connectivity index (χ0n) is 16.6. The standard InChI is InChI=1S/C21H30N4OS.HI/c1-3-22-21(23-16-17(2)26-19-8-5-4-6-9-19)24-18-11-13-25(14-12-18)20-10-7-15-27-20;/h4-10,15,17-18H,3,11-14,16H2,1-2H3,(H2,22,23,24);1H. The van der Waals surface area contributed by atoms with Crippen LogP contribution in [0.15, 0.2) is 52.8 Å². The molecule has 1 unspecified atom stereocenters. The highest BCUT2D eigenvalue weighted by atomic mass is 127. The van der Waals surface area contributed by atoms with Crippen LogP contribution in [0.25, 0.3) is 0 Å². The van der Waals surface area contributed by atoms with Crippen molar-refractivity contribution in [3.8, 4) is 5.75 Å². The van der Waals surface area contributed by atoms with Gasteiger partial charge in [-0.3, -0.25) is 0 Å². The quantitative estimate of drug-likeness (QED) is 0.328. The molecule has 2 aromatic rings. The largest absolute Gasteiger partial charge is 0.489 e. The number of guanidine groups is 1. The number of rotatable bonds is 7. The van der Waals surface area contributed by atoms with Crippen molar-refractivity contribution in [3.05, 3.63) is 47.8 Å². The third-order valence-corrected chi connectivity index (χ3v) is 5.51. The summed E-state index contributed by atoms with van der Waals surface area (Å²) < 4.78 is 5.92. The highest BCUT2D eigenvalue weighted by Crippen LogP contribution is 2.24. The minimum absolute atomic E-state index is 0. The molecule has 0 saturated carbocycles. The Labute approximate surface area is 189 Å². The van der Waals surface area contributed by atoms with E-state index in [1.165, 1.54) is 5.00 Å².